The number of hydrogen-bond donors (Lipinski definition) is 1. The second kappa shape index (κ2) is 8.15. The van der Waals surface area contributed by atoms with Gasteiger partial charge in [-0.3, -0.25) is 0 Å². The lowest BCUT2D eigenvalue weighted by molar-refractivity contribution is 0.240. The Morgan fingerprint density at radius 2 is 2.00 bits per heavy atom. The molecule has 0 aromatic heterocycles. The Labute approximate surface area is 122 Å². The van der Waals surface area contributed by atoms with E-state index in [1.165, 1.54) is 31.2 Å². The molecule has 0 saturated heterocycles. The van der Waals surface area contributed by atoms with Crippen molar-refractivity contribution in [2.45, 2.75) is 45.6 Å². The van der Waals surface area contributed by atoms with E-state index in [1.807, 2.05) is 6.07 Å². The van der Waals surface area contributed by atoms with Crippen LogP contribution in [-0.4, -0.2) is 20.3 Å². The van der Waals surface area contributed by atoms with Gasteiger partial charge in [-0.05, 0) is 49.4 Å². The molecule has 1 saturated carbocycles. The molecule has 1 aromatic carbocycles. The van der Waals surface area contributed by atoms with E-state index in [0.717, 1.165) is 43.5 Å². The van der Waals surface area contributed by atoms with Crippen LogP contribution in [-0.2, 0) is 6.54 Å². The van der Waals surface area contributed by atoms with Crippen LogP contribution in [0.15, 0.2) is 18.2 Å². The van der Waals surface area contributed by atoms with Gasteiger partial charge in [-0.15, -0.1) is 0 Å². The molecule has 0 heterocycles. The summed E-state index contributed by atoms with van der Waals surface area (Å²) in [6.45, 7) is 4.92. The molecule has 3 nitrogen and oxygen atoms in total. The largest absolute Gasteiger partial charge is 0.493 e. The van der Waals surface area contributed by atoms with Gasteiger partial charge < -0.3 is 14.8 Å². The zero-order valence-electron chi connectivity index (χ0n) is 12.8. The highest BCUT2D eigenvalue weighted by molar-refractivity contribution is 5.42. The maximum absolute atomic E-state index is 5.95. The maximum atomic E-state index is 5.95. The van der Waals surface area contributed by atoms with Crippen LogP contribution < -0.4 is 14.8 Å². The van der Waals surface area contributed by atoms with Gasteiger partial charge >= 0.3 is 0 Å². The fraction of sp³-hybridized carbons (Fsp3) is 0.647. The maximum Gasteiger partial charge on any atom is 0.161 e. The van der Waals surface area contributed by atoms with Crippen LogP contribution in [0.3, 0.4) is 0 Å². The summed E-state index contributed by atoms with van der Waals surface area (Å²) in [6, 6.07) is 6.23. The highest BCUT2D eigenvalue weighted by Gasteiger charge is 2.16. The van der Waals surface area contributed by atoms with E-state index in [-0.39, 0.29) is 0 Å². The topological polar surface area (TPSA) is 30.5 Å². The van der Waals surface area contributed by atoms with Crippen LogP contribution in [0.1, 0.15) is 44.6 Å². The first-order valence-corrected chi connectivity index (χ1v) is 7.84. The summed E-state index contributed by atoms with van der Waals surface area (Å²) in [7, 11) is 1.71. The Morgan fingerprint density at radius 1 is 1.20 bits per heavy atom. The quantitative estimate of drug-likeness (QED) is 0.734. The minimum Gasteiger partial charge on any atom is -0.493 e. The predicted octanol–water partition coefficient (Wildman–Crippen LogP) is 3.76. The summed E-state index contributed by atoms with van der Waals surface area (Å²) < 4.78 is 11.4. The third kappa shape index (κ3) is 4.41. The molecule has 1 aliphatic rings. The van der Waals surface area contributed by atoms with Gasteiger partial charge in [-0.25, -0.2) is 0 Å². The molecular weight excluding hydrogens is 250 g/mol. The molecule has 3 heteroatoms. The van der Waals surface area contributed by atoms with E-state index in [0.29, 0.717) is 0 Å². The van der Waals surface area contributed by atoms with Gasteiger partial charge in [0.05, 0.1) is 13.7 Å². The summed E-state index contributed by atoms with van der Waals surface area (Å²) in [5, 5.41) is 3.40. The Hall–Kier alpha value is -1.22. The van der Waals surface area contributed by atoms with Crippen molar-refractivity contribution in [3.8, 4) is 11.5 Å². The third-order valence-corrected chi connectivity index (χ3v) is 3.93. The number of nitrogens with one attached hydrogen (secondary N) is 1. The van der Waals surface area contributed by atoms with Crippen LogP contribution >= 0.6 is 0 Å². The van der Waals surface area contributed by atoms with Gasteiger partial charge in [-0.2, -0.15) is 0 Å². The number of methoxy groups -OCH3 is 1. The Balaban J connectivity index is 1.90. The fourth-order valence-electron chi connectivity index (χ4n) is 2.74. The van der Waals surface area contributed by atoms with Crippen molar-refractivity contribution in [3.63, 3.8) is 0 Å². The summed E-state index contributed by atoms with van der Waals surface area (Å²) in [5.41, 5.74) is 1.24. The number of ether oxygens (including phenoxy) is 2. The Kier molecular flexibility index (Phi) is 6.19. The molecule has 2 rings (SSSR count). The smallest absolute Gasteiger partial charge is 0.161 e. The van der Waals surface area contributed by atoms with Gasteiger partial charge in [0.25, 0.3) is 0 Å². The van der Waals surface area contributed by atoms with Crippen LogP contribution in [0.2, 0.25) is 0 Å². The average molecular weight is 277 g/mol. The minimum absolute atomic E-state index is 0.727. The second-order valence-corrected chi connectivity index (χ2v) is 5.62. The zero-order valence-corrected chi connectivity index (χ0v) is 12.8. The molecule has 0 amide bonds. The van der Waals surface area contributed by atoms with E-state index in [1.54, 1.807) is 7.11 Å². The van der Waals surface area contributed by atoms with Gasteiger partial charge in [0.2, 0.25) is 0 Å². The van der Waals surface area contributed by atoms with E-state index in [9.17, 15) is 0 Å². The molecule has 0 atom stereocenters. The van der Waals surface area contributed by atoms with Crippen molar-refractivity contribution in [2.24, 2.45) is 5.92 Å². The summed E-state index contributed by atoms with van der Waals surface area (Å²) >= 11 is 0. The van der Waals surface area contributed by atoms with Crippen molar-refractivity contribution < 1.29 is 9.47 Å². The summed E-state index contributed by atoms with van der Waals surface area (Å²) in [5.74, 6) is 2.45. The first kappa shape index (κ1) is 15.2. The molecule has 1 fully saturated rings. The molecule has 0 bridgehead atoms. The van der Waals surface area contributed by atoms with Crippen LogP contribution in [0.5, 0.6) is 11.5 Å². The van der Waals surface area contributed by atoms with Gasteiger partial charge in [0.15, 0.2) is 11.5 Å². The van der Waals surface area contributed by atoms with Crippen LogP contribution in [0.25, 0.3) is 0 Å². The summed E-state index contributed by atoms with van der Waals surface area (Å²) in [4.78, 5) is 0. The average Bonchev–Trinajstić information content (AvgIpc) is 2.99. The first-order chi connectivity index (χ1) is 9.83. The Bertz CT molecular complexity index is 400. The van der Waals surface area contributed by atoms with Crippen LogP contribution in [0.4, 0.5) is 0 Å². The molecular formula is C17H27NO2. The number of hydrogen-bond acceptors (Lipinski definition) is 3. The molecule has 0 unspecified atom stereocenters. The SMILES string of the molecule is CCCNCc1ccc(OCC2CCCC2)c(OC)c1. The highest BCUT2D eigenvalue weighted by atomic mass is 16.5. The zero-order chi connectivity index (χ0) is 14.2. The molecule has 0 spiro atoms. The monoisotopic (exact) mass is 277 g/mol. The molecule has 20 heavy (non-hydrogen) atoms. The standard InChI is InChI=1S/C17H27NO2/c1-3-10-18-12-15-8-9-16(17(11-15)19-2)20-13-14-6-4-5-7-14/h8-9,11,14,18H,3-7,10,12-13H2,1-2H3. The molecule has 112 valence electrons. The van der Waals surface area contributed by atoms with Crippen molar-refractivity contribution in [1.29, 1.82) is 0 Å². The third-order valence-electron chi connectivity index (χ3n) is 3.93. The molecule has 1 aliphatic carbocycles. The first-order valence-electron chi connectivity index (χ1n) is 7.84. The summed E-state index contributed by atoms with van der Waals surface area (Å²) in [6.07, 6.45) is 6.47. The minimum atomic E-state index is 0.727. The number of rotatable bonds is 8. The van der Waals surface area contributed by atoms with E-state index in [4.69, 9.17) is 9.47 Å². The predicted molar refractivity (Wildman–Crippen MR) is 82.4 cm³/mol. The van der Waals surface area contributed by atoms with Crippen molar-refractivity contribution >= 4 is 0 Å². The Morgan fingerprint density at radius 3 is 2.70 bits per heavy atom. The number of benzene rings is 1. The lowest BCUT2D eigenvalue weighted by Crippen LogP contribution is -2.14. The van der Waals surface area contributed by atoms with Crippen molar-refractivity contribution in [3.05, 3.63) is 23.8 Å². The molecule has 0 radical (unpaired) electrons. The fourth-order valence-corrected chi connectivity index (χ4v) is 2.74. The highest BCUT2D eigenvalue weighted by Crippen LogP contribution is 2.31. The van der Waals surface area contributed by atoms with Crippen molar-refractivity contribution in [2.75, 3.05) is 20.3 Å². The lowest BCUT2D eigenvalue weighted by Gasteiger charge is -2.15. The lowest BCUT2D eigenvalue weighted by atomic mass is 10.1. The van der Waals surface area contributed by atoms with Crippen molar-refractivity contribution in [1.82, 2.24) is 5.32 Å². The van der Waals surface area contributed by atoms with Gasteiger partial charge in [0, 0.05) is 6.54 Å². The molecule has 0 aliphatic heterocycles. The van der Waals surface area contributed by atoms with Crippen LogP contribution in [0, 0.1) is 5.92 Å². The van der Waals surface area contributed by atoms with E-state index >= 15 is 0 Å². The van der Waals surface area contributed by atoms with Gasteiger partial charge in [0.1, 0.15) is 0 Å². The van der Waals surface area contributed by atoms with Gasteiger partial charge in [-0.1, -0.05) is 25.8 Å². The second-order valence-electron chi connectivity index (χ2n) is 5.62. The van der Waals surface area contributed by atoms with E-state index in [2.05, 4.69) is 24.4 Å². The molecule has 1 aromatic rings. The molecule has 1 N–H and O–H groups in total. The van der Waals surface area contributed by atoms with E-state index < -0.39 is 0 Å². The normalized spacial score (nSPS) is 15.5.